The van der Waals surface area contributed by atoms with E-state index in [2.05, 4.69) is 47.1 Å². The first-order valence-electron chi connectivity index (χ1n) is 7.49. The number of hydrogen-bond acceptors (Lipinski definition) is 5. The van der Waals surface area contributed by atoms with E-state index in [1.54, 1.807) is 20.3 Å². The number of anilines is 1. The fourth-order valence-corrected chi connectivity index (χ4v) is 4.20. The highest BCUT2D eigenvalue weighted by molar-refractivity contribution is 9.11. The van der Waals surface area contributed by atoms with Crippen LogP contribution in [0.25, 0.3) is 11.0 Å². The normalized spacial score (nSPS) is 10.8. The van der Waals surface area contributed by atoms with Crippen LogP contribution in [0.15, 0.2) is 44.4 Å². The molecule has 2 N–H and O–H groups in total. The molecule has 0 bridgehead atoms. The summed E-state index contributed by atoms with van der Waals surface area (Å²) in [6, 6.07) is 9.18. The van der Waals surface area contributed by atoms with Gasteiger partial charge in [-0.2, -0.15) is 0 Å². The molecule has 136 valence electrons. The van der Waals surface area contributed by atoms with Crippen molar-refractivity contribution < 1.29 is 14.3 Å². The molecule has 0 unspecified atom stereocenters. The topological polar surface area (TPSA) is 76.2 Å². The van der Waals surface area contributed by atoms with Crippen LogP contribution in [0.4, 0.5) is 5.69 Å². The number of benzene rings is 2. The first-order valence-corrected chi connectivity index (χ1v) is 10.1. The molecule has 0 aliphatic rings. The predicted octanol–water partition coefficient (Wildman–Crippen LogP) is 4.84. The number of imidazole rings is 1. The van der Waals surface area contributed by atoms with E-state index in [4.69, 9.17) is 9.47 Å². The van der Waals surface area contributed by atoms with Crippen molar-refractivity contribution in [2.24, 2.45) is 0 Å². The van der Waals surface area contributed by atoms with Crippen molar-refractivity contribution >= 4 is 66.2 Å². The minimum atomic E-state index is -0.141. The molecule has 0 radical (unpaired) electrons. The second kappa shape index (κ2) is 8.32. The number of hydrogen-bond donors (Lipinski definition) is 2. The zero-order valence-corrected chi connectivity index (χ0v) is 17.9. The van der Waals surface area contributed by atoms with Gasteiger partial charge in [0.1, 0.15) is 11.5 Å². The Kier molecular flexibility index (Phi) is 6.10. The number of nitrogens with zero attached hydrogens (tertiary/aromatic N) is 1. The molecule has 1 heterocycles. The molecule has 6 nitrogen and oxygen atoms in total. The molecule has 1 aromatic heterocycles. The van der Waals surface area contributed by atoms with Gasteiger partial charge >= 0.3 is 0 Å². The number of nitrogens with one attached hydrogen (secondary N) is 2. The minimum absolute atomic E-state index is 0.141. The molecule has 9 heteroatoms. The number of ether oxygens (including phenoxy) is 2. The summed E-state index contributed by atoms with van der Waals surface area (Å²) in [5, 5.41) is 3.54. The van der Waals surface area contributed by atoms with Crippen LogP contribution < -0.4 is 14.8 Å². The van der Waals surface area contributed by atoms with Gasteiger partial charge in [0.25, 0.3) is 0 Å². The Bertz CT molecular complexity index is 962. The van der Waals surface area contributed by atoms with Gasteiger partial charge in [-0.25, -0.2) is 4.98 Å². The highest BCUT2D eigenvalue weighted by Gasteiger charge is 2.12. The molecule has 3 rings (SSSR count). The lowest BCUT2D eigenvalue weighted by molar-refractivity contribution is -0.113. The van der Waals surface area contributed by atoms with E-state index in [0.29, 0.717) is 16.6 Å². The Morgan fingerprint density at radius 3 is 2.73 bits per heavy atom. The second-order valence-corrected chi connectivity index (χ2v) is 7.90. The van der Waals surface area contributed by atoms with Crippen molar-refractivity contribution in [3.05, 3.63) is 39.3 Å². The Balaban J connectivity index is 1.66. The summed E-state index contributed by atoms with van der Waals surface area (Å²) in [7, 11) is 3.19. The Morgan fingerprint density at radius 1 is 1.19 bits per heavy atom. The molecule has 0 spiro atoms. The highest BCUT2D eigenvalue weighted by Crippen LogP contribution is 2.34. The smallest absolute Gasteiger partial charge is 0.234 e. The van der Waals surface area contributed by atoms with Gasteiger partial charge in [-0.3, -0.25) is 4.79 Å². The lowest BCUT2D eigenvalue weighted by Crippen LogP contribution is -2.14. The van der Waals surface area contributed by atoms with Gasteiger partial charge in [0.15, 0.2) is 5.16 Å². The van der Waals surface area contributed by atoms with E-state index in [1.165, 1.54) is 11.8 Å². The Hall–Kier alpha value is -1.71. The van der Waals surface area contributed by atoms with Crippen LogP contribution in [0.2, 0.25) is 0 Å². The molecule has 2 aromatic carbocycles. The standard InChI is InChI=1S/C17H15Br2N3O3S/c1-24-9-3-4-12-14(5-9)22-17(21-12)26-8-16(23)20-13-7-15(25-2)11(19)6-10(13)18/h3-7H,8H2,1-2H3,(H,20,23)(H,21,22). The lowest BCUT2D eigenvalue weighted by atomic mass is 10.3. The van der Waals surface area contributed by atoms with Gasteiger partial charge in [0.2, 0.25) is 5.91 Å². The van der Waals surface area contributed by atoms with Crippen molar-refractivity contribution in [3.63, 3.8) is 0 Å². The average molecular weight is 501 g/mol. The van der Waals surface area contributed by atoms with Crippen LogP contribution in [-0.4, -0.2) is 35.8 Å². The third kappa shape index (κ3) is 4.33. The lowest BCUT2D eigenvalue weighted by Gasteiger charge is -2.10. The molecule has 0 saturated heterocycles. The molecular weight excluding hydrogens is 486 g/mol. The first kappa shape index (κ1) is 19.1. The third-order valence-corrected chi connectivity index (χ3v) is 5.67. The number of rotatable bonds is 6. The molecule has 0 saturated carbocycles. The number of carbonyl (C=O) groups is 1. The summed E-state index contributed by atoms with van der Waals surface area (Å²) in [6.07, 6.45) is 0. The number of thioether (sulfide) groups is 1. The summed E-state index contributed by atoms with van der Waals surface area (Å²) in [4.78, 5) is 19.9. The molecule has 0 aliphatic heterocycles. The summed E-state index contributed by atoms with van der Waals surface area (Å²) < 4.78 is 12.0. The second-order valence-electron chi connectivity index (χ2n) is 5.23. The van der Waals surface area contributed by atoms with E-state index >= 15 is 0 Å². The Labute approximate surface area is 171 Å². The summed E-state index contributed by atoms with van der Waals surface area (Å²) in [5.41, 5.74) is 2.34. The number of amides is 1. The third-order valence-electron chi connectivity index (χ3n) is 3.52. The van der Waals surface area contributed by atoms with Gasteiger partial charge < -0.3 is 19.8 Å². The van der Waals surface area contributed by atoms with E-state index in [0.717, 1.165) is 25.7 Å². The van der Waals surface area contributed by atoms with Crippen LogP contribution in [0.5, 0.6) is 11.5 Å². The number of halogens is 2. The van der Waals surface area contributed by atoms with E-state index in [9.17, 15) is 4.79 Å². The van der Waals surface area contributed by atoms with Gasteiger partial charge in [0.05, 0.1) is 41.2 Å². The largest absolute Gasteiger partial charge is 0.497 e. The van der Waals surface area contributed by atoms with Crippen molar-refractivity contribution in [3.8, 4) is 11.5 Å². The quantitative estimate of drug-likeness (QED) is 0.474. The van der Waals surface area contributed by atoms with Crippen molar-refractivity contribution in [1.29, 1.82) is 0 Å². The van der Waals surface area contributed by atoms with Crippen LogP contribution in [0, 0.1) is 0 Å². The number of aromatic amines is 1. The fraction of sp³-hybridized carbons (Fsp3) is 0.176. The molecule has 3 aromatic rings. The monoisotopic (exact) mass is 499 g/mol. The molecule has 0 atom stereocenters. The molecule has 0 fully saturated rings. The number of H-pyrrole nitrogens is 1. The average Bonchev–Trinajstić information content (AvgIpc) is 3.04. The molecular formula is C17H15Br2N3O3S. The summed E-state index contributed by atoms with van der Waals surface area (Å²) >= 11 is 8.17. The van der Waals surface area contributed by atoms with Crippen LogP contribution in [0.3, 0.4) is 0 Å². The molecule has 1 amide bonds. The predicted molar refractivity (Wildman–Crippen MR) is 110 cm³/mol. The van der Waals surface area contributed by atoms with Crippen molar-refractivity contribution in [1.82, 2.24) is 9.97 Å². The Morgan fingerprint density at radius 2 is 2.00 bits per heavy atom. The SMILES string of the molecule is COc1ccc2nc(SCC(=O)Nc3cc(OC)c(Br)cc3Br)[nH]c2c1. The maximum absolute atomic E-state index is 12.3. The van der Waals surface area contributed by atoms with E-state index < -0.39 is 0 Å². The first-order chi connectivity index (χ1) is 12.5. The number of carbonyl (C=O) groups excluding carboxylic acids is 1. The van der Waals surface area contributed by atoms with Crippen LogP contribution in [-0.2, 0) is 4.79 Å². The van der Waals surface area contributed by atoms with Gasteiger partial charge in [-0.1, -0.05) is 11.8 Å². The van der Waals surface area contributed by atoms with Gasteiger partial charge in [-0.15, -0.1) is 0 Å². The zero-order valence-electron chi connectivity index (χ0n) is 13.9. The molecule has 0 aliphatic carbocycles. The van der Waals surface area contributed by atoms with E-state index in [1.807, 2.05) is 24.3 Å². The number of fused-ring (bicyclic) bond motifs is 1. The van der Waals surface area contributed by atoms with Gasteiger partial charge in [0, 0.05) is 16.6 Å². The number of aromatic nitrogens is 2. The maximum Gasteiger partial charge on any atom is 0.234 e. The van der Waals surface area contributed by atoms with Gasteiger partial charge in [-0.05, 0) is 50.1 Å². The fourth-order valence-electron chi connectivity index (χ4n) is 2.26. The van der Waals surface area contributed by atoms with Crippen molar-refractivity contribution in [2.75, 3.05) is 25.3 Å². The van der Waals surface area contributed by atoms with E-state index in [-0.39, 0.29) is 11.7 Å². The molecule has 26 heavy (non-hydrogen) atoms. The van der Waals surface area contributed by atoms with Crippen molar-refractivity contribution in [2.45, 2.75) is 5.16 Å². The highest BCUT2D eigenvalue weighted by atomic mass is 79.9. The van der Waals surface area contributed by atoms with Crippen LogP contribution >= 0.6 is 43.6 Å². The minimum Gasteiger partial charge on any atom is -0.497 e. The summed E-state index contributed by atoms with van der Waals surface area (Å²) in [6.45, 7) is 0. The van der Waals surface area contributed by atoms with Crippen LogP contribution in [0.1, 0.15) is 0 Å². The maximum atomic E-state index is 12.3. The number of methoxy groups -OCH3 is 2. The summed E-state index contributed by atoms with van der Waals surface area (Å²) in [5.74, 6) is 1.48. The zero-order chi connectivity index (χ0) is 18.7.